The first-order valence-corrected chi connectivity index (χ1v) is 6.59. The highest BCUT2D eigenvalue weighted by atomic mass is 32.1. The Morgan fingerprint density at radius 2 is 2.21 bits per heavy atom. The molecule has 1 aromatic rings. The molecule has 7 nitrogen and oxygen atoms in total. The maximum absolute atomic E-state index is 12.0. The summed E-state index contributed by atoms with van der Waals surface area (Å²) in [6.45, 7) is 1.14. The summed E-state index contributed by atoms with van der Waals surface area (Å²) >= 11 is 1.15. The van der Waals surface area contributed by atoms with Gasteiger partial charge in [0.25, 0.3) is 0 Å². The predicted molar refractivity (Wildman–Crippen MR) is 69.5 cm³/mol. The van der Waals surface area contributed by atoms with Gasteiger partial charge in [-0.05, 0) is 11.4 Å². The Bertz CT molecular complexity index is 514. The molecule has 19 heavy (non-hydrogen) atoms. The van der Waals surface area contributed by atoms with E-state index in [0.29, 0.717) is 24.6 Å². The number of rotatable bonds is 2. The second-order valence-electron chi connectivity index (χ2n) is 3.99. The maximum atomic E-state index is 12.0. The fourth-order valence-corrected chi connectivity index (χ4v) is 2.49. The van der Waals surface area contributed by atoms with E-state index in [2.05, 4.69) is 10.6 Å². The van der Waals surface area contributed by atoms with E-state index in [1.54, 1.807) is 5.38 Å². The van der Waals surface area contributed by atoms with Crippen LogP contribution < -0.4 is 10.6 Å². The lowest BCUT2D eigenvalue weighted by Crippen LogP contribution is -2.37. The number of carbonyl (C=O) groups excluding carboxylic acids is 2. The summed E-state index contributed by atoms with van der Waals surface area (Å²) in [5.41, 5.74) is 0.0716. The number of thiophene rings is 1. The number of carboxylic acids is 1. The molecule has 0 unspecified atom stereocenters. The molecule has 1 saturated heterocycles. The number of hydrogen-bond acceptors (Lipinski definition) is 4. The van der Waals surface area contributed by atoms with Crippen molar-refractivity contribution in [3.8, 4) is 0 Å². The molecule has 1 aliphatic rings. The quantitative estimate of drug-likeness (QED) is 0.747. The Kier molecular flexibility index (Phi) is 4.00. The Hall–Kier alpha value is -2.09. The second-order valence-corrected chi connectivity index (χ2v) is 4.90. The van der Waals surface area contributed by atoms with Crippen LogP contribution in [0.5, 0.6) is 0 Å². The second kappa shape index (κ2) is 5.70. The average Bonchev–Trinajstić information content (AvgIpc) is 2.70. The smallest absolute Gasteiger partial charge is 0.338 e. The molecule has 0 atom stereocenters. The molecule has 1 fully saturated rings. The number of nitrogens with one attached hydrogen (secondary N) is 2. The molecule has 3 N–H and O–H groups in total. The fraction of sp³-hybridized carbons (Fsp3) is 0.364. The van der Waals surface area contributed by atoms with Crippen LogP contribution in [0.15, 0.2) is 11.4 Å². The van der Waals surface area contributed by atoms with Crippen molar-refractivity contribution in [3.63, 3.8) is 0 Å². The molecule has 1 aromatic heterocycles. The van der Waals surface area contributed by atoms with Gasteiger partial charge in [0.05, 0.1) is 5.56 Å². The van der Waals surface area contributed by atoms with Crippen molar-refractivity contribution < 1.29 is 19.5 Å². The van der Waals surface area contributed by atoms with Crippen molar-refractivity contribution in [1.82, 2.24) is 10.2 Å². The first-order valence-electron chi connectivity index (χ1n) is 5.71. The molecule has 0 spiro atoms. The van der Waals surface area contributed by atoms with E-state index in [-0.39, 0.29) is 23.9 Å². The summed E-state index contributed by atoms with van der Waals surface area (Å²) < 4.78 is 0. The molecule has 2 rings (SSSR count). The van der Waals surface area contributed by atoms with E-state index >= 15 is 0 Å². The highest BCUT2D eigenvalue weighted by molar-refractivity contribution is 7.14. The van der Waals surface area contributed by atoms with Crippen molar-refractivity contribution in [2.45, 2.75) is 6.42 Å². The van der Waals surface area contributed by atoms with Gasteiger partial charge in [-0.15, -0.1) is 11.3 Å². The summed E-state index contributed by atoms with van der Waals surface area (Å²) in [6.07, 6.45) is 0.254. The third-order valence-electron chi connectivity index (χ3n) is 2.72. The van der Waals surface area contributed by atoms with Crippen LogP contribution >= 0.6 is 11.3 Å². The summed E-state index contributed by atoms with van der Waals surface area (Å²) in [4.78, 5) is 35.6. The minimum Gasteiger partial charge on any atom is -0.478 e. The van der Waals surface area contributed by atoms with Gasteiger partial charge in [-0.2, -0.15) is 0 Å². The van der Waals surface area contributed by atoms with Crippen LogP contribution in [0.4, 0.5) is 9.80 Å². The monoisotopic (exact) mass is 283 g/mol. The number of hydrogen-bond donors (Lipinski definition) is 3. The van der Waals surface area contributed by atoms with Gasteiger partial charge in [-0.3, -0.25) is 10.1 Å². The van der Waals surface area contributed by atoms with Gasteiger partial charge in [0.1, 0.15) is 5.00 Å². The van der Waals surface area contributed by atoms with Gasteiger partial charge < -0.3 is 15.3 Å². The zero-order chi connectivity index (χ0) is 13.8. The van der Waals surface area contributed by atoms with E-state index in [9.17, 15) is 14.4 Å². The number of carboxylic acid groups (broad SMARTS) is 1. The number of anilines is 1. The first-order chi connectivity index (χ1) is 9.08. The fourth-order valence-electron chi connectivity index (χ4n) is 1.72. The zero-order valence-electron chi connectivity index (χ0n) is 10.0. The van der Waals surface area contributed by atoms with Gasteiger partial charge in [0.15, 0.2) is 0 Å². The molecule has 0 bridgehead atoms. The summed E-state index contributed by atoms with van der Waals surface area (Å²) in [7, 11) is 0. The third-order valence-corrected chi connectivity index (χ3v) is 3.55. The number of carbonyl (C=O) groups is 3. The molecule has 3 amide bonds. The van der Waals surface area contributed by atoms with Gasteiger partial charge in [-0.1, -0.05) is 0 Å². The summed E-state index contributed by atoms with van der Waals surface area (Å²) in [6, 6.07) is 1.05. The molecule has 2 heterocycles. The Labute approximate surface area is 113 Å². The number of amides is 3. The standard InChI is InChI=1S/C11H13N3O4S/c15-8-1-4-14(5-3-12-8)11(18)13-9-7(10(16)17)2-6-19-9/h2,6H,1,3-5H2,(H,12,15)(H,13,18)(H,16,17). The number of aromatic carboxylic acids is 1. The van der Waals surface area contributed by atoms with E-state index in [4.69, 9.17) is 5.11 Å². The van der Waals surface area contributed by atoms with Crippen LogP contribution in [0.25, 0.3) is 0 Å². The van der Waals surface area contributed by atoms with Gasteiger partial charge in [0.2, 0.25) is 5.91 Å². The molecule has 0 aromatic carbocycles. The van der Waals surface area contributed by atoms with Crippen molar-refractivity contribution in [2.24, 2.45) is 0 Å². The molecule has 102 valence electrons. The molecule has 0 saturated carbocycles. The van der Waals surface area contributed by atoms with Gasteiger partial charge >= 0.3 is 12.0 Å². The summed E-state index contributed by atoms with van der Waals surface area (Å²) in [5.74, 6) is -1.16. The van der Waals surface area contributed by atoms with Gasteiger partial charge in [0, 0.05) is 26.1 Å². The van der Waals surface area contributed by atoms with Crippen molar-refractivity contribution in [1.29, 1.82) is 0 Å². The lowest BCUT2D eigenvalue weighted by atomic mass is 10.3. The molecule has 0 radical (unpaired) electrons. The average molecular weight is 283 g/mol. The largest absolute Gasteiger partial charge is 0.478 e. The van der Waals surface area contributed by atoms with Gasteiger partial charge in [-0.25, -0.2) is 9.59 Å². The lowest BCUT2D eigenvalue weighted by Gasteiger charge is -2.19. The van der Waals surface area contributed by atoms with E-state index in [0.717, 1.165) is 11.3 Å². The van der Waals surface area contributed by atoms with Crippen LogP contribution in [0.2, 0.25) is 0 Å². The van der Waals surface area contributed by atoms with E-state index in [1.807, 2.05) is 0 Å². The van der Waals surface area contributed by atoms with E-state index in [1.165, 1.54) is 11.0 Å². The van der Waals surface area contributed by atoms with Crippen LogP contribution in [0.3, 0.4) is 0 Å². The van der Waals surface area contributed by atoms with Crippen LogP contribution in [-0.2, 0) is 4.79 Å². The third kappa shape index (κ3) is 3.22. The Balaban J connectivity index is 2.02. The molecular weight excluding hydrogens is 270 g/mol. The van der Waals surface area contributed by atoms with E-state index < -0.39 is 5.97 Å². The van der Waals surface area contributed by atoms with Crippen molar-refractivity contribution >= 4 is 34.2 Å². The highest BCUT2D eigenvalue weighted by Crippen LogP contribution is 2.23. The maximum Gasteiger partial charge on any atom is 0.338 e. The Morgan fingerprint density at radius 1 is 1.42 bits per heavy atom. The minimum atomic E-state index is -1.08. The minimum absolute atomic E-state index is 0.0716. The van der Waals surface area contributed by atoms with Crippen LogP contribution in [0, 0.1) is 0 Å². The zero-order valence-corrected chi connectivity index (χ0v) is 10.8. The van der Waals surface area contributed by atoms with Crippen LogP contribution in [0.1, 0.15) is 16.8 Å². The summed E-state index contributed by atoms with van der Waals surface area (Å²) in [5, 5.41) is 16.1. The predicted octanol–water partition coefficient (Wildman–Crippen LogP) is 0.800. The topological polar surface area (TPSA) is 98.7 Å². The number of urea groups is 1. The highest BCUT2D eigenvalue weighted by Gasteiger charge is 2.20. The van der Waals surface area contributed by atoms with Crippen molar-refractivity contribution in [2.75, 3.05) is 25.0 Å². The SMILES string of the molecule is O=C1CCN(C(=O)Nc2sccc2C(=O)O)CCN1. The lowest BCUT2D eigenvalue weighted by molar-refractivity contribution is -0.120. The molecular formula is C11H13N3O4S. The molecule has 1 aliphatic heterocycles. The molecule has 8 heteroatoms. The first kappa shape index (κ1) is 13.3. The number of nitrogens with zero attached hydrogens (tertiary/aromatic N) is 1. The Morgan fingerprint density at radius 3 is 2.95 bits per heavy atom. The van der Waals surface area contributed by atoms with Crippen LogP contribution in [-0.4, -0.2) is 47.5 Å². The van der Waals surface area contributed by atoms with Crippen molar-refractivity contribution in [3.05, 3.63) is 17.0 Å². The molecule has 0 aliphatic carbocycles. The normalized spacial score (nSPS) is 15.6.